The number of hydrogen-bond acceptors (Lipinski definition) is 7. The SMILES string of the molecule is CCCCc1nc(C)cc(NCCNc2nc3c(c(=O)[nH]2)CCNC3)n1. The monoisotopic (exact) mass is 357 g/mol. The van der Waals surface area contributed by atoms with E-state index in [2.05, 4.69) is 42.8 Å². The molecule has 8 heteroatoms. The molecule has 0 saturated heterocycles. The molecule has 0 unspecified atom stereocenters. The van der Waals surface area contributed by atoms with Crippen LogP contribution >= 0.6 is 0 Å². The second-order valence-electron chi connectivity index (χ2n) is 6.53. The lowest BCUT2D eigenvalue weighted by molar-refractivity contribution is 0.619. The zero-order valence-corrected chi connectivity index (χ0v) is 15.5. The molecule has 0 fully saturated rings. The second-order valence-corrected chi connectivity index (χ2v) is 6.53. The Morgan fingerprint density at radius 3 is 2.88 bits per heavy atom. The summed E-state index contributed by atoms with van der Waals surface area (Å²) in [5.41, 5.74) is 2.56. The Kier molecular flexibility index (Phi) is 6.17. The molecule has 0 bridgehead atoms. The summed E-state index contributed by atoms with van der Waals surface area (Å²) in [5, 5.41) is 9.71. The maximum atomic E-state index is 12.1. The topological polar surface area (TPSA) is 108 Å². The molecule has 0 amide bonds. The van der Waals surface area contributed by atoms with Crippen LogP contribution in [0.15, 0.2) is 10.9 Å². The van der Waals surface area contributed by atoms with Crippen LogP contribution in [0.5, 0.6) is 0 Å². The van der Waals surface area contributed by atoms with Gasteiger partial charge in [-0.15, -0.1) is 0 Å². The minimum Gasteiger partial charge on any atom is -0.368 e. The fourth-order valence-electron chi connectivity index (χ4n) is 2.99. The first-order valence-electron chi connectivity index (χ1n) is 9.31. The first kappa shape index (κ1) is 18.3. The van der Waals surface area contributed by atoms with E-state index < -0.39 is 0 Å². The van der Waals surface area contributed by atoms with Crippen molar-refractivity contribution in [2.45, 2.75) is 46.1 Å². The van der Waals surface area contributed by atoms with Crippen molar-refractivity contribution >= 4 is 11.8 Å². The molecule has 0 saturated carbocycles. The molecule has 8 nitrogen and oxygen atoms in total. The number of hydrogen-bond donors (Lipinski definition) is 4. The molecule has 0 atom stereocenters. The summed E-state index contributed by atoms with van der Waals surface area (Å²) >= 11 is 0. The quantitative estimate of drug-likeness (QED) is 0.529. The number of nitrogens with zero attached hydrogens (tertiary/aromatic N) is 3. The zero-order chi connectivity index (χ0) is 18.4. The van der Waals surface area contributed by atoms with Crippen LogP contribution in [0.3, 0.4) is 0 Å². The number of anilines is 2. The number of aryl methyl sites for hydroxylation is 2. The van der Waals surface area contributed by atoms with Gasteiger partial charge in [0.15, 0.2) is 0 Å². The average molecular weight is 357 g/mol. The van der Waals surface area contributed by atoms with Gasteiger partial charge in [-0.1, -0.05) is 13.3 Å². The van der Waals surface area contributed by atoms with Gasteiger partial charge >= 0.3 is 0 Å². The van der Waals surface area contributed by atoms with Gasteiger partial charge in [-0.3, -0.25) is 9.78 Å². The number of fused-ring (bicyclic) bond motifs is 1. The zero-order valence-electron chi connectivity index (χ0n) is 15.5. The Bertz CT molecular complexity index is 803. The third-order valence-corrected chi connectivity index (χ3v) is 4.32. The van der Waals surface area contributed by atoms with Gasteiger partial charge in [-0.25, -0.2) is 15.0 Å². The van der Waals surface area contributed by atoms with E-state index in [0.717, 1.165) is 60.8 Å². The molecule has 4 N–H and O–H groups in total. The maximum Gasteiger partial charge on any atom is 0.255 e. The van der Waals surface area contributed by atoms with Gasteiger partial charge in [0, 0.05) is 43.4 Å². The van der Waals surface area contributed by atoms with Crippen molar-refractivity contribution in [2.24, 2.45) is 0 Å². The fourth-order valence-corrected chi connectivity index (χ4v) is 2.99. The van der Waals surface area contributed by atoms with E-state index >= 15 is 0 Å². The van der Waals surface area contributed by atoms with Gasteiger partial charge in [-0.05, 0) is 26.3 Å². The maximum absolute atomic E-state index is 12.1. The van der Waals surface area contributed by atoms with Gasteiger partial charge in [0.25, 0.3) is 5.56 Å². The van der Waals surface area contributed by atoms with Crippen LogP contribution in [0.4, 0.5) is 11.8 Å². The van der Waals surface area contributed by atoms with Crippen LogP contribution in [0.1, 0.15) is 42.5 Å². The van der Waals surface area contributed by atoms with E-state index in [4.69, 9.17) is 0 Å². The smallest absolute Gasteiger partial charge is 0.255 e. The van der Waals surface area contributed by atoms with Crippen molar-refractivity contribution in [1.82, 2.24) is 25.3 Å². The number of H-pyrrole nitrogens is 1. The molecular weight excluding hydrogens is 330 g/mol. The summed E-state index contributed by atoms with van der Waals surface area (Å²) in [6.07, 6.45) is 3.86. The lowest BCUT2D eigenvalue weighted by atomic mass is 10.1. The van der Waals surface area contributed by atoms with Crippen molar-refractivity contribution < 1.29 is 0 Å². The summed E-state index contributed by atoms with van der Waals surface area (Å²) in [5.74, 6) is 2.23. The fraction of sp³-hybridized carbons (Fsp3) is 0.556. The summed E-state index contributed by atoms with van der Waals surface area (Å²) in [6.45, 7) is 6.91. The van der Waals surface area contributed by atoms with Crippen LogP contribution in [0.2, 0.25) is 0 Å². The molecule has 0 spiro atoms. The Labute approximate surface area is 153 Å². The molecule has 3 rings (SSSR count). The molecule has 2 aromatic rings. The Balaban J connectivity index is 1.54. The number of aromatic nitrogens is 4. The first-order valence-corrected chi connectivity index (χ1v) is 9.31. The van der Waals surface area contributed by atoms with Gasteiger partial charge in [0.05, 0.1) is 5.69 Å². The number of nitrogens with one attached hydrogen (secondary N) is 4. The van der Waals surface area contributed by atoms with E-state index in [0.29, 0.717) is 25.6 Å². The second kappa shape index (κ2) is 8.75. The van der Waals surface area contributed by atoms with Crippen molar-refractivity contribution in [2.75, 3.05) is 30.3 Å². The Morgan fingerprint density at radius 1 is 1.19 bits per heavy atom. The third-order valence-electron chi connectivity index (χ3n) is 4.32. The Hall–Kier alpha value is -2.48. The van der Waals surface area contributed by atoms with Crippen molar-refractivity contribution in [3.05, 3.63) is 39.2 Å². The van der Waals surface area contributed by atoms with Crippen LogP contribution < -0.4 is 21.5 Å². The minimum atomic E-state index is -0.0426. The van der Waals surface area contributed by atoms with Crippen molar-refractivity contribution in [3.63, 3.8) is 0 Å². The molecule has 1 aliphatic heterocycles. The minimum absolute atomic E-state index is 0.0426. The molecule has 1 aliphatic rings. The molecule has 0 aromatic carbocycles. The predicted octanol–water partition coefficient (Wildman–Crippen LogP) is 1.38. The van der Waals surface area contributed by atoms with E-state index in [1.807, 2.05) is 13.0 Å². The standard InChI is InChI=1S/C18H27N7O/c1-3-4-5-15-22-12(2)10-16(24-15)20-8-9-21-18-23-14-11-19-7-6-13(14)17(26)25-18/h10,19H,3-9,11H2,1-2H3,(H,20,22,24)(H2,21,23,25,26). The average Bonchev–Trinajstić information content (AvgIpc) is 2.63. The highest BCUT2D eigenvalue weighted by Gasteiger charge is 2.14. The van der Waals surface area contributed by atoms with Crippen molar-refractivity contribution in [1.29, 1.82) is 0 Å². The summed E-state index contributed by atoms with van der Waals surface area (Å²) in [7, 11) is 0. The largest absolute Gasteiger partial charge is 0.368 e. The van der Waals surface area contributed by atoms with Crippen LogP contribution in [-0.2, 0) is 19.4 Å². The molecule has 140 valence electrons. The molecule has 2 aromatic heterocycles. The van der Waals surface area contributed by atoms with E-state index in [9.17, 15) is 4.79 Å². The summed E-state index contributed by atoms with van der Waals surface area (Å²) < 4.78 is 0. The highest BCUT2D eigenvalue weighted by Crippen LogP contribution is 2.09. The predicted molar refractivity (Wildman–Crippen MR) is 103 cm³/mol. The van der Waals surface area contributed by atoms with E-state index in [1.54, 1.807) is 0 Å². The summed E-state index contributed by atoms with van der Waals surface area (Å²) in [4.78, 5) is 28.4. The lowest BCUT2D eigenvalue weighted by Gasteiger charge is -2.16. The van der Waals surface area contributed by atoms with Gasteiger partial charge in [0.2, 0.25) is 5.95 Å². The molecule has 3 heterocycles. The Morgan fingerprint density at radius 2 is 2.04 bits per heavy atom. The third kappa shape index (κ3) is 4.78. The number of rotatable bonds is 8. The summed E-state index contributed by atoms with van der Waals surface area (Å²) in [6, 6.07) is 1.94. The van der Waals surface area contributed by atoms with Gasteiger partial charge in [-0.2, -0.15) is 0 Å². The van der Waals surface area contributed by atoms with Gasteiger partial charge in [0.1, 0.15) is 11.6 Å². The lowest BCUT2D eigenvalue weighted by Crippen LogP contribution is -2.32. The molecule has 0 aliphatic carbocycles. The first-order chi connectivity index (χ1) is 12.7. The van der Waals surface area contributed by atoms with E-state index in [1.165, 1.54) is 0 Å². The van der Waals surface area contributed by atoms with Crippen LogP contribution in [-0.4, -0.2) is 39.6 Å². The molecular formula is C18H27N7O. The normalized spacial score (nSPS) is 13.3. The molecule has 0 radical (unpaired) electrons. The number of aromatic amines is 1. The molecule has 26 heavy (non-hydrogen) atoms. The van der Waals surface area contributed by atoms with Gasteiger partial charge < -0.3 is 16.0 Å². The van der Waals surface area contributed by atoms with Crippen LogP contribution in [0.25, 0.3) is 0 Å². The highest BCUT2D eigenvalue weighted by atomic mass is 16.1. The van der Waals surface area contributed by atoms with E-state index in [-0.39, 0.29) is 5.56 Å². The van der Waals surface area contributed by atoms with Crippen LogP contribution in [0, 0.1) is 6.92 Å². The van der Waals surface area contributed by atoms with Crippen molar-refractivity contribution in [3.8, 4) is 0 Å². The number of unbranched alkanes of at least 4 members (excludes halogenated alkanes) is 1. The highest BCUT2D eigenvalue weighted by molar-refractivity contribution is 5.37.